The molecule has 2 aromatic rings. The number of benzene rings is 2. The first-order valence-corrected chi connectivity index (χ1v) is 7.29. The van der Waals surface area contributed by atoms with Crippen LogP contribution in [0.1, 0.15) is 25.0 Å². The number of halogens is 2. The number of rotatable bonds is 5. The Bertz CT molecular complexity index is 628. The highest BCUT2D eigenvalue weighted by atomic mass is 35.5. The lowest BCUT2D eigenvalue weighted by molar-refractivity contribution is 0.476. The van der Waals surface area contributed by atoms with E-state index in [4.69, 9.17) is 16.3 Å². The summed E-state index contributed by atoms with van der Waals surface area (Å²) in [5.41, 5.74) is 1.83. The fraction of sp³-hybridized carbons (Fsp3) is 0.294. The number of nitrogens with one attached hydrogen (secondary N) is 1. The van der Waals surface area contributed by atoms with Crippen molar-refractivity contribution in [1.29, 1.82) is 0 Å². The van der Waals surface area contributed by atoms with Crippen LogP contribution in [0.15, 0.2) is 36.4 Å². The van der Waals surface area contributed by atoms with Crippen molar-refractivity contribution in [2.45, 2.75) is 33.4 Å². The van der Waals surface area contributed by atoms with Crippen molar-refractivity contribution in [3.8, 4) is 11.5 Å². The summed E-state index contributed by atoms with van der Waals surface area (Å²) in [6.45, 7) is 6.74. The van der Waals surface area contributed by atoms with Crippen LogP contribution in [-0.2, 0) is 6.54 Å². The van der Waals surface area contributed by atoms with E-state index in [1.54, 1.807) is 13.0 Å². The van der Waals surface area contributed by atoms with Gasteiger partial charge < -0.3 is 10.1 Å². The van der Waals surface area contributed by atoms with Gasteiger partial charge in [-0.3, -0.25) is 0 Å². The van der Waals surface area contributed by atoms with Crippen molar-refractivity contribution in [2.75, 3.05) is 0 Å². The number of ether oxygens (including phenoxy) is 1. The quantitative estimate of drug-likeness (QED) is 0.832. The molecule has 0 heterocycles. The second-order valence-corrected chi connectivity index (χ2v) is 5.72. The molecule has 0 aromatic heterocycles. The molecule has 0 unspecified atom stereocenters. The van der Waals surface area contributed by atoms with E-state index in [-0.39, 0.29) is 5.82 Å². The molecule has 0 bridgehead atoms. The first-order chi connectivity index (χ1) is 9.95. The van der Waals surface area contributed by atoms with Gasteiger partial charge in [0.05, 0.1) is 5.02 Å². The molecule has 0 aliphatic heterocycles. The zero-order valence-corrected chi connectivity index (χ0v) is 13.2. The van der Waals surface area contributed by atoms with Gasteiger partial charge in [0.25, 0.3) is 0 Å². The summed E-state index contributed by atoms with van der Waals surface area (Å²) in [6, 6.07) is 10.5. The minimum atomic E-state index is -0.277. The molecular formula is C17H19ClFNO. The van der Waals surface area contributed by atoms with Gasteiger partial charge in [0.2, 0.25) is 0 Å². The zero-order valence-electron chi connectivity index (χ0n) is 12.4. The van der Waals surface area contributed by atoms with E-state index in [2.05, 4.69) is 19.2 Å². The van der Waals surface area contributed by atoms with E-state index in [9.17, 15) is 4.39 Å². The molecule has 0 atom stereocenters. The lowest BCUT2D eigenvalue weighted by Crippen LogP contribution is -2.21. The van der Waals surface area contributed by atoms with Crippen molar-refractivity contribution in [1.82, 2.24) is 5.32 Å². The van der Waals surface area contributed by atoms with Crippen LogP contribution >= 0.6 is 11.6 Å². The third-order valence-electron chi connectivity index (χ3n) is 3.07. The summed E-state index contributed by atoms with van der Waals surface area (Å²) in [4.78, 5) is 0. The molecule has 2 aromatic carbocycles. The predicted molar refractivity (Wildman–Crippen MR) is 84.6 cm³/mol. The standard InChI is InChI=1S/C17H19ClFNO/c1-11(2)20-10-13-4-6-17(15(18)9-13)21-16-7-5-14(19)8-12(16)3/h4-9,11,20H,10H2,1-3H3. The van der Waals surface area contributed by atoms with Crippen molar-refractivity contribution < 1.29 is 9.13 Å². The third kappa shape index (κ3) is 4.45. The minimum Gasteiger partial charge on any atom is -0.456 e. The van der Waals surface area contributed by atoms with Crippen LogP contribution in [-0.4, -0.2) is 6.04 Å². The van der Waals surface area contributed by atoms with Crippen molar-refractivity contribution in [2.24, 2.45) is 0 Å². The number of hydrogen-bond donors (Lipinski definition) is 1. The van der Waals surface area contributed by atoms with Gasteiger partial charge in [0.15, 0.2) is 0 Å². The molecule has 0 saturated carbocycles. The molecule has 21 heavy (non-hydrogen) atoms. The first kappa shape index (κ1) is 15.8. The van der Waals surface area contributed by atoms with E-state index in [0.29, 0.717) is 22.6 Å². The van der Waals surface area contributed by atoms with Gasteiger partial charge in [0.1, 0.15) is 17.3 Å². The molecule has 4 heteroatoms. The topological polar surface area (TPSA) is 21.3 Å². The van der Waals surface area contributed by atoms with Gasteiger partial charge in [-0.05, 0) is 48.4 Å². The minimum absolute atomic E-state index is 0.277. The molecule has 1 N–H and O–H groups in total. The van der Waals surface area contributed by atoms with Crippen molar-refractivity contribution in [3.05, 3.63) is 58.4 Å². The molecule has 0 spiro atoms. The molecule has 2 nitrogen and oxygen atoms in total. The van der Waals surface area contributed by atoms with Gasteiger partial charge in [-0.25, -0.2) is 4.39 Å². The van der Waals surface area contributed by atoms with Crippen LogP contribution in [0.5, 0.6) is 11.5 Å². The maximum atomic E-state index is 13.1. The van der Waals surface area contributed by atoms with Crippen LogP contribution < -0.4 is 10.1 Å². The molecule has 0 aliphatic carbocycles. The van der Waals surface area contributed by atoms with Gasteiger partial charge in [-0.15, -0.1) is 0 Å². The Hall–Kier alpha value is -1.58. The molecule has 2 rings (SSSR count). The van der Waals surface area contributed by atoms with E-state index in [0.717, 1.165) is 17.7 Å². The van der Waals surface area contributed by atoms with E-state index in [1.165, 1.54) is 12.1 Å². The Morgan fingerprint density at radius 1 is 1.14 bits per heavy atom. The maximum Gasteiger partial charge on any atom is 0.146 e. The molecule has 0 aliphatic rings. The van der Waals surface area contributed by atoms with Gasteiger partial charge in [-0.1, -0.05) is 31.5 Å². The first-order valence-electron chi connectivity index (χ1n) is 6.91. The summed E-state index contributed by atoms with van der Waals surface area (Å²) in [7, 11) is 0. The Labute approximate surface area is 129 Å². The summed E-state index contributed by atoms with van der Waals surface area (Å²) in [5.74, 6) is 0.895. The second-order valence-electron chi connectivity index (χ2n) is 5.31. The van der Waals surface area contributed by atoms with Crippen molar-refractivity contribution in [3.63, 3.8) is 0 Å². The summed E-state index contributed by atoms with van der Waals surface area (Å²) in [5, 5.41) is 3.88. The maximum absolute atomic E-state index is 13.1. The van der Waals surface area contributed by atoms with E-state index >= 15 is 0 Å². The van der Waals surface area contributed by atoms with Crippen LogP contribution in [0.3, 0.4) is 0 Å². The van der Waals surface area contributed by atoms with Crippen LogP contribution in [0, 0.1) is 12.7 Å². The largest absolute Gasteiger partial charge is 0.456 e. The Balaban J connectivity index is 2.13. The zero-order chi connectivity index (χ0) is 15.4. The van der Waals surface area contributed by atoms with Gasteiger partial charge >= 0.3 is 0 Å². The second kappa shape index (κ2) is 6.92. The lowest BCUT2D eigenvalue weighted by atomic mass is 10.2. The predicted octanol–water partition coefficient (Wildman–Crippen LogP) is 5.08. The Kier molecular flexibility index (Phi) is 5.21. The molecule has 0 radical (unpaired) electrons. The summed E-state index contributed by atoms with van der Waals surface area (Å²) < 4.78 is 18.8. The van der Waals surface area contributed by atoms with Crippen LogP contribution in [0.2, 0.25) is 5.02 Å². The highest BCUT2D eigenvalue weighted by Gasteiger charge is 2.07. The smallest absolute Gasteiger partial charge is 0.146 e. The highest BCUT2D eigenvalue weighted by Crippen LogP contribution is 2.32. The SMILES string of the molecule is Cc1cc(F)ccc1Oc1ccc(CNC(C)C)cc1Cl. The molecule has 0 saturated heterocycles. The monoisotopic (exact) mass is 307 g/mol. The average Bonchev–Trinajstić information content (AvgIpc) is 2.42. The molecule has 0 amide bonds. The van der Waals surface area contributed by atoms with Crippen LogP contribution in [0.4, 0.5) is 4.39 Å². The normalized spacial score (nSPS) is 11.0. The lowest BCUT2D eigenvalue weighted by Gasteiger charge is -2.12. The third-order valence-corrected chi connectivity index (χ3v) is 3.36. The van der Waals surface area contributed by atoms with Crippen molar-refractivity contribution >= 4 is 11.6 Å². The van der Waals surface area contributed by atoms with Crippen LogP contribution in [0.25, 0.3) is 0 Å². The number of aryl methyl sites for hydroxylation is 1. The Morgan fingerprint density at radius 2 is 1.86 bits per heavy atom. The average molecular weight is 308 g/mol. The van der Waals surface area contributed by atoms with E-state index in [1.807, 2.05) is 18.2 Å². The fourth-order valence-electron chi connectivity index (χ4n) is 1.90. The van der Waals surface area contributed by atoms with Gasteiger partial charge in [0, 0.05) is 12.6 Å². The van der Waals surface area contributed by atoms with Gasteiger partial charge in [-0.2, -0.15) is 0 Å². The fourth-order valence-corrected chi connectivity index (χ4v) is 2.15. The summed E-state index contributed by atoms with van der Waals surface area (Å²) >= 11 is 6.25. The Morgan fingerprint density at radius 3 is 2.48 bits per heavy atom. The molecule has 112 valence electrons. The molecule has 0 fully saturated rings. The van der Waals surface area contributed by atoms with E-state index < -0.39 is 0 Å². The highest BCUT2D eigenvalue weighted by molar-refractivity contribution is 6.32. The number of hydrogen-bond acceptors (Lipinski definition) is 2. The molecular weight excluding hydrogens is 289 g/mol. The summed E-state index contributed by atoms with van der Waals surface area (Å²) in [6.07, 6.45) is 0.